The second-order valence-corrected chi connectivity index (χ2v) is 5.31. The molecule has 1 N–H and O–H groups in total. The van der Waals surface area contributed by atoms with E-state index in [1.54, 1.807) is 0 Å². The predicted molar refractivity (Wildman–Crippen MR) is 67.7 cm³/mol. The molecule has 1 fully saturated rings. The lowest BCUT2D eigenvalue weighted by molar-refractivity contribution is -0.143. The molecule has 1 rings (SSSR count). The van der Waals surface area contributed by atoms with Gasteiger partial charge in [-0.05, 0) is 18.3 Å². The summed E-state index contributed by atoms with van der Waals surface area (Å²) in [5.41, 5.74) is 0. The number of imide groups is 2. The molecule has 0 aromatic carbocycles. The number of carbonyl (C=O) groups is 3. The number of hydrogen-bond donors (Lipinski definition) is 1. The van der Waals surface area contributed by atoms with Crippen molar-refractivity contribution in [2.24, 2.45) is 17.8 Å². The summed E-state index contributed by atoms with van der Waals surface area (Å²) in [5, 5.41) is 2.27. The van der Waals surface area contributed by atoms with Crippen molar-refractivity contribution in [1.82, 2.24) is 10.2 Å². The van der Waals surface area contributed by atoms with Crippen molar-refractivity contribution >= 4 is 17.8 Å². The van der Waals surface area contributed by atoms with Crippen molar-refractivity contribution < 1.29 is 14.4 Å². The van der Waals surface area contributed by atoms with Crippen LogP contribution in [-0.4, -0.2) is 29.3 Å². The zero-order valence-electron chi connectivity index (χ0n) is 11.5. The van der Waals surface area contributed by atoms with E-state index in [1.165, 1.54) is 4.90 Å². The molecule has 0 bridgehead atoms. The average molecular weight is 254 g/mol. The van der Waals surface area contributed by atoms with Crippen molar-refractivity contribution in [3.05, 3.63) is 0 Å². The highest BCUT2D eigenvalue weighted by Crippen LogP contribution is 2.19. The first kappa shape index (κ1) is 14.7. The average Bonchev–Trinajstić information content (AvgIpc) is 2.29. The van der Waals surface area contributed by atoms with E-state index >= 15 is 0 Å². The van der Waals surface area contributed by atoms with E-state index in [0.717, 1.165) is 6.42 Å². The highest BCUT2D eigenvalue weighted by molar-refractivity contribution is 6.16. The van der Waals surface area contributed by atoms with E-state index < -0.39 is 17.9 Å². The smallest absolute Gasteiger partial charge is 0.277 e. The number of urea groups is 1. The second kappa shape index (κ2) is 5.98. The molecule has 0 aromatic heterocycles. The van der Waals surface area contributed by atoms with Crippen LogP contribution in [0.1, 0.15) is 40.5 Å². The summed E-state index contributed by atoms with van der Waals surface area (Å²) in [6, 6.07) is -0.579. The van der Waals surface area contributed by atoms with E-state index in [1.807, 2.05) is 27.7 Å². The molecule has 1 heterocycles. The number of nitrogens with one attached hydrogen (secondary N) is 1. The molecule has 5 heteroatoms. The zero-order valence-corrected chi connectivity index (χ0v) is 11.5. The van der Waals surface area contributed by atoms with Crippen LogP contribution in [0, 0.1) is 17.8 Å². The summed E-state index contributed by atoms with van der Waals surface area (Å²) in [7, 11) is 0. The largest absolute Gasteiger partial charge is 0.330 e. The highest BCUT2D eigenvalue weighted by atomic mass is 16.2. The molecule has 2 unspecified atom stereocenters. The summed E-state index contributed by atoms with van der Waals surface area (Å²) >= 11 is 0. The van der Waals surface area contributed by atoms with Crippen LogP contribution in [0.3, 0.4) is 0 Å². The Morgan fingerprint density at radius 1 is 1.22 bits per heavy atom. The van der Waals surface area contributed by atoms with E-state index in [2.05, 4.69) is 5.32 Å². The Hall–Kier alpha value is -1.39. The summed E-state index contributed by atoms with van der Waals surface area (Å²) in [4.78, 5) is 36.6. The Labute approximate surface area is 108 Å². The van der Waals surface area contributed by atoms with E-state index in [4.69, 9.17) is 0 Å². The standard InChI is InChI=1S/C13H22N2O3/c1-5-6-10-11(16)14-13(18)15(12(10)17)7-9(4)8(2)3/h8-10H,5-7H2,1-4H3,(H,14,16,18). The summed E-state index contributed by atoms with van der Waals surface area (Å²) in [6.07, 6.45) is 1.23. The van der Waals surface area contributed by atoms with Gasteiger partial charge >= 0.3 is 6.03 Å². The van der Waals surface area contributed by atoms with E-state index in [9.17, 15) is 14.4 Å². The van der Waals surface area contributed by atoms with Gasteiger partial charge < -0.3 is 0 Å². The van der Waals surface area contributed by atoms with Crippen molar-refractivity contribution in [2.75, 3.05) is 6.54 Å². The molecule has 1 aliphatic heterocycles. The van der Waals surface area contributed by atoms with Crippen LogP contribution >= 0.6 is 0 Å². The lowest BCUT2D eigenvalue weighted by Crippen LogP contribution is -2.58. The summed E-state index contributed by atoms with van der Waals surface area (Å²) in [5.74, 6) is -0.909. The highest BCUT2D eigenvalue weighted by Gasteiger charge is 2.40. The Balaban J connectivity index is 2.80. The van der Waals surface area contributed by atoms with Gasteiger partial charge in [-0.25, -0.2) is 4.79 Å². The number of hydrogen-bond acceptors (Lipinski definition) is 3. The summed E-state index contributed by atoms with van der Waals surface area (Å²) in [6.45, 7) is 8.38. The zero-order chi connectivity index (χ0) is 13.9. The SMILES string of the molecule is CCCC1C(=O)NC(=O)N(CC(C)C(C)C)C1=O. The fourth-order valence-corrected chi connectivity index (χ4v) is 1.88. The van der Waals surface area contributed by atoms with Gasteiger partial charge in [-0.15, -0.1) is 0 Å². The van der Waals surface area contributed by atoms with Crippen LogP contribution in [0.4, 0.5) is 4.79 Å². The first-order valence-electron chi connectivity index (χ1n) is 6.54. The maximum absolute atomic E-state index is 12.1. The van der Waals surface area contributed by atoms with Gasteiger partial charge in [0.2, 0.25) is 11.8 Å². The minimum atomic E-state index is -0.702. The molecule has 0 aliphatic carbocycles. The van der Waals surface area contributed by atoms with Crippen LogP contribution in [0.25, 0.3) is 0 Å². The third-order valence-corrected chi connectivity index (χ3v) is 3.54. The first-order chi connectivity index (χ1) is 8.38. The summed E-state index contributed by atoms with van der Waals surface area (Å²) < 4.78 is 0. The van der Waals surface area contributed by atoms with E-state index in [0.29, 0.717) is 18.9 Å². The molecule has 5 nitrogen and oxygen atoms in total. The molecule has 0 radical (unpaired) electrons. The molecule has 18 heavy (non-hydrogen) atoms. The fourth-order valence-electron chi connectivity index (χ4n) is 1.88. The second-order valence-electron chi connectivity index (χ2n) is 5.31. The number of nitrogens with zero attached hydrogens (tertiary/aromatic N) is 1. The number of barbiturate groups is 1. The minimum absolute atomic E-state index is 0.218. The van der Waals surface area contributed by atoms with Crippen molar-refractivity contribution in [2.45, 2.75) is 40.5 Å². The topological polar surface area (TPSA) is 66.5 Å². The first-order valence-corrected chi connectivity index (χ1v) is 6.54. The molecular weight excluding hydrogens is 232 g/mol. The van der Waals surface area contributed by atoms with Crippen LogP contribution in [-0.2, 0) is 9.59 Å². The van der Waals surface area contributed by atoms with Gasteiger partial charge in [0.1, 0.15) is 5.92 Å². The minimum Gasteiger partial charge on any atom is -0.277 e. The lowest BCUT2D eigenvalue weighted by Gasteiger charge is -2.32. The molecule has 0 saturated carbocycles. The number of carbonyl (C=O) groups excluding carboxylic acids is 3. The molecule has 2 atom stereocenters. The van der Waals surface area contributed by atoms with Gasteiger partial charge in [0.05, 0.1) is 0 Å². The Bertz CT molecular complexity index is 352. The third-order valence-electron chi connectivity index (χ3n) is 3.54. The van der Waals surface area contributed by atoms with Crippen molar-refractivity contribution in [1.29, 1.82) is 0 Å². The Morgan fingerprint density at radius 2 is 1.83 bits per heavy atom. The Morgan fingerprint density at radius 3 is 2.33 bits per heavy atom. The van der Waals surface area contributed by atoms with Gasteiger partial charge in [-0.1, -0.05) is 34.1 Å². The van der Waals surface area contributed by atoms with Crippen molar-refractivity contribution in [3.63, 3.8) is 0 Å². The third kappa shape index (κ3) is 3.09. The number of amides is 4. The monoisotopic (exact) mass is 254 g/mol. The lowest BCUT2D eigenvalue weighted by atomic mass is 9.95. The van der Waals surface area contributed by atoms with Crippen LogP contribution in [0.5, 0.6) is 0 Å². The molecular formula is C13H22N2O3. The molecule has 0 spiro atoms. The van der Waals surface area contributed by atoms with Crippen LogP contribution in [0.2, 0.25) is 0 Å². The molecule has 0 aromatic rings. The van der Waals surface area contributed by atoms with Gasteiger partial charge in [-0.2, -0.15) is 0 Å². The fraction of sp³-hybridized carbons (Fsp3) is 0.769. The van der Waals surface area contributed by atoms with Crippen LogP contribution < -0.4 is 5.32 Å². The van der Waals surface area contributed by atoms with Gasteiger partial charge in [-0.3, -0.25) is 19.8 Å². The molecule has 1 aliphatic rings. The molecule has 4 amide bonds. The molecule has 1 saturated heterocycles. The maximum Gasteiger partial charge on any atom is 0.330 e. The Kier molecular flexibility index (Phi) is 4.87. The van der Waals surface area contributed by atoms with Gasteiger partial charge in [0, 0.05) is 6.54 Å². The normalized spacial score (nSPS) is 22.4. The van der Waals surface area contributed by atoms with Crippen LogP contribution in [0.15, 0.2) is 0 Å². The van der Waals surface area contributed by atoms with Gasteiger partial charge in [0.15, 0.2) is 0 Å². The number of rotatable bonds is 5. The maximum atomic E-state index is 12.1. The quantitative estimate of drug-likeness (QED) is 0.760. The van der Waals surface area contributed by atoms with Gasteiger partial charge in [0.25, 0.3) is 0 Å². The predicted octanol–water partition coefficient (Wildman–Crippen LogP) is 1.77. The van der Waals surface area contributed by atoms with Crippen molar-refractivity contribution in [3.8, 4) is 0 Å². The molecule has 102 valence electrons. The van der Waals surface area contributed by atoms with E-state index in [-0.39, 0.29) is 11.8 Å².